The summed E-state index contributed by atoms with van der Waals surface area (Å²) < 4.78 is 0.660. The second-order valence-electron chi connectivity index (χ2n) is 5.19. The molecule has 0 spiro atoms. The number of H-pyrrole nitrogens is 1. The van der Waals surface area contributed by atoms with Gasteiger partial charge >= 0.3 is 4.87 Å². The summed E-state index contributed by atoms with van der Waals surface area (Å²) in [6.45, 7) is 1.80. The van der Waals surface area contributed by atoms with Crippen LogP contribution in [0.4, 0.5) is 5.82 Å². The molecule has 24 heavy (non-hydrogen) atoms. The van der Waals surface area contributed by atoms with Crippen LogP contribution in [0.15, 0.2) is 34.2 Å². The number of halogens is 1. The number of thioether (sulfide) groups is 1. The summed E-state index contributed by atoms with van der Waals surface area (Å²) in [7, 11) is 0. The van der Waals surface area contributed by atoms with Crippen LogP contribution in [0.25, 0.3) is 10.3 Å². The van der Waals surface area contributed by atoms with Gasteiger partial charge in [0.25, 0.3) is 0 Å². The molecule has 1 unspecified atom stereocenters. The molecule has 9 heteroatoms. The lowest BCUT2D eigenvalue weighted by atomic mass is 10.2. The predicted octanol–water partition coefficient (Wildman–Crippen LogP) is 3.12. The van der Waals surface area contributed by atoms with E-state index in [1.54, 1.807) is 0 Å². The Morgan fingerprint density at radius 1 is 1.46 bits per heavy atom. The monoisotopic (exact) mass is 382 g/mol. The third kappa shape index (κ3) is 4.07. The van der Waals surface area contributed by atoms with E-state index in [4.69, 9.17) is 11.6 Å². The molecule has 1 aromatic carbocycles. The van der Waals surface area contributed by atoms with Gasteiger partial charge in [0.15, 0.2) is 16.6 Å². The maximum Gasteiger partial charge on any atom is 0.306 e. The Kier molecular flexibility index (Phi) is 5.40. The van der Waals surface area contributed by atoms with Crippen molar-refractivity contribution in [2.75, 3.05) is 11.9 Å². The summed E-state index contributed by atoms with van der Waals surface area (Å²) >= 11 is 8.50. The average molecular weight is 383 g/mol. The van der Waals surface area contributed by atoms with Crippen molar-refractivity contribution < 1.29 is 5.11 Å². The van der Waals surface area contributed by atoms with Gasteiger partial charge in [0.2, 0.25) is 0 Å². The van der Waals surface area contributed by atoms with E-state index in [0.29, 0.717) is 32.1 Å². The lowest BCUT2D eigenvalue weighted by Gasteiger charge is -2.12. The molecule has 0 amide bonds. The van der Waals surface area contributed by atoms with Crippen molar-refractivity contribution in [2.45, 2.75) is 23.9 Å². The summed E-state index contributed by atoms with van der Waals surface area (Å²) in [4.78, 5) is 23.0. The van der Waals surface area contributed by atoms with Crippen molar-refractivity contribution in [3.8, 4) is 0 Å². The van der Waals surface area contributed by atoms with E-state index in [1.807, 2.05) is 31.2 Å². The van der Waals surface area contributed by atoms with Gasteiger partial charge < -0.3 is 10.4 Å². The van der Waals surface area contributed by atoms with Crippen molar-refractivity contribution in [1.82, 2.24) is 15.0 Å². The highest BCUT2D eigenvalue weighted by Crippen LogP contribution is 2.27. The van der Waals surface area contributed by atoms with E-state index in [1.165, 1.54) is 11.8 Å². The highest BCUT2D eigenvalue weighted by atomic mass is 35.5. The van der Waals surface area contributed by atoms with Gasteiger partial charge in [0.05, 0.1) is 6.61 Å². The minimum atomic E-state index is -0.184. The molecule has 0 saturated heterocycles. The molecule has 0 aliphatic rings. The number of rotatable bonds is 6. The smallest absolute Gasteiger partial charge is 0.306 e. The third-order valence-corrected chi connectivity index (χ3v) is 5.21. The molecule has 0 saturated carbocycles. The molecule has 0 aliphatic heterocycles. The number of aromatic nitrogens is 3. The molecular weight excluding hydrogens is 368 g/mol. The van der Waals surface area contributed by atoms with E-state index in [9.17, 15) is 9.90 Å². The molecule has 3 aromatic rings. The first-order valence-corrected chi connectivity index (χ1v) is 9.38. The van der Waals surface area contributed by atoms with Crippen LogP contribution in [0.1, 0.15) is 12.5 Å². The average Bonchev–Trinajstić information content (AvgIpc) is 2.93. The largest absolute Gasteiger partial charge is 0.394 e. The number of aliphatic hydroxyl groups is 1. The number of anilines is 1. The Labute approximate surface area is 151 Å². The predicted molar refractivity (Wildman–Crippen MR) is 99.2 cm³/mol. The van der Waals surface area contributed by atoms with Gasteiger partial charge in [0, 0.05) is 16.8 Å². The number of benzene rings is 1. The second-order valence-corrected chi connectivity index (χ2v) is 7.56. The SMILES string of the molecule is CC(CO)Nc1nc(SCc2cccc(Cl)c2)nc2[nH]c(=O)sc12. The maximum atomic E-state index is 11.6. The molecule has 2 aromatic heterocycles. The zero-order chi connectivity index (χ0) is 17.1. The molecule has 3 N–H and O–H groups in total. The molecule has 0 fully saturated rings. The van der Waals surface area contributed by atoms with Gasteiger partial charge in [-0.25, -0.2) is 9.97 Å². The Bertz CT molecular complexity index is 912. The first kappa shape index (κ1) is 17.2. The van der Waals surface area contributed by atoms with Crippen LogP contribution in [-0.4, -0.2) is 32.7 Å². The minimum Gasteiger partial charge on any atom is -0.394 e. The van der Waals surface area contributed by atoms with E-state index >= 15 is 0 Å². The van der Waals surface area contributed by atoms with Crippen LogP contribution in [0.2, 0.25) is 5.02 Å². The summed E-state index contributed by atoms with van der Waals surface area (Å²) in [5.41, 5.74) is 1.56. The molecule has 3 rings (SSSR count). The molecule has 0 radical (unpaired) electrons. The third-order valence-electron chi connectivity index (χ3n) is 3.17. The van der Waals surface area contributed by atoms with E-state index in [2.05, 4.69) is 20.3 Å². The highest BCUT2D eigenvalue weighted by Gasteiger charge is 2.13. The van der Waals surface area contributed by atoms with Gasteiger partial charge in [-0.05, 0) is 24.6 Å². The molecular formula is C15H15ClN4O2S2. The van der Waals surface area contributed by atoms with Crippen LogP contribution in [0, 0.1) is 0 Å². The van der Waals surface area contributed by atoms with Crippen LogP contribution in [0.5, 0.6) is 0 Å². The quantitative estimate of drug-likeness (QED) is 0.448. The van der Waals surface area contributed by atoms with E-state index in [0.717, 1.165) is 16.9 Å². The number of aliphatic hydroxyl groups excluding tert-OH is 1. The van der Waals surface area contributed by atoms with Crippen LogP contribution in [0.3, 0.4) is 0 Å². The number of nitrogens with zero attached hydrogens (tertiary/aromatic N) is 2. The Morgan fingerprint density at radius 3 is 3.04 bits per heavy atom. The molecule has 0 aliphatic carbocycles. The fourth-order valence-electron chi connectivity index (χ4n) is 2.04. The molecule has 1 atom stereocenters. The van der Waals surface area contributed by atoms with Gasteiger partial charge in [-0.15, -0.1) is 0 Å². The summed E-state index contributed by atoms with van der Waals surface area (Å²) in [5, 5.41) is 13.6. The summed E-state index contributed by atoms with van der Waals surface area (Å²) in [5.74, 6) is 1.22. The number of nitrogens with one attached hydrogen (secondary N) is 2. The zero-order valence-electron chi connectivity index (χ0n) is 12.7. The molecule has 6 nitrogen and oxygen atoms in total. The van der Waals surface area contributed by atoms with Gasteiger partial charge in [0.1, 0.15) is 4.70 Å². The van der Waals surface area contributed by atoms with Gasteiger partial charge in [-0.3, -0.25) is 9.78 Å². The number of hydrogen-bond donors (Lipinski definition) is 3. The molecule has 2 heterocycles. The fraction of sp³-hybridized carbons (Fsp3) is 0.267. The van der Waals surface area contributed by atoms with E-state index in [-0.39, 0.29) is 17.5 Å². The van der Waals surface area contributed by atoms with Crippen molar-refractivity contribution in [3.63, 3.8) is 0 Å². The van der Waals surface area contributed by atoms with Crippen molar-refractivity contribution >= 4 is 50.9 Å². The van der Waals surface area contributed by atoms with E-state index < -0.39 is 0 Å². The standard InChI is InChI=1S/C15H15ClN4O2S2/c1-8(6-21)17-12-11-13(20-15(22)24-11)19-14(18-12)23-7-9-3-2-4-10(16)5-9/h2-5,8,21H,6-7H2,1H3,(H2,17,18,19,20,22). The number of hydrogen-bond acceptors (Lipinski definition) is 7. The lowest BCUT2D eigenvalue weighted by molar-refractivity contribution is 0.281. The first-order chi connectivity index (χ1) is 11.5. The maximum absolute atomic E-state index is 11.6. The minimum absolute atomic E-state index is 0.0319. The zero-order valence-corrected chi connectivity index (χ0v) is 15.1. The second kappa shape index (κ2) is 7.52. The van der Waals surface area contributed by atoms with Gasteiger partial charge in [-0.1, -0.05) is 46.8 Å². The summed E-state index contributed by atoms with van der Waals surface area (Å²) in [6, 6.07) is 7.43. The molecule has 0 bridgehead atoms. The lowest BCUT2D eigenvalue weighted by Crippen LogP contribution is -2.20. The topological polar surface area (TPSA) is 90.9 Å². The van der Waals surface area contributed by atoms with Crippen LogP contribution >= 0.6 is 34.7 Å². The van der Waals surface area contributed by atoms with Crippen molar-refractivity contribution in [3.05, 3.63) is 44.5 Å². The number of fused-ring (bicyclic) bond motifs is 1. The Hall–Kier alpha value is -1.61. The Morgan fingerprint density at radius 2 is 2.29 bits per heavy atom. The summed E-state index contributed by atoms with van der Waals surface area (Å²) in [6.07, 6.45) is 0. The van der Waals surface area contributed by atoms with Crippen LogP contribution < -0.4 is 10.2 Å². The normalized spacial score (nSPS) is 12.5. The van der Waals surface area contributed by atoms with Crippen molar-refractivity contribution in [2.24, 2.45) is 0 Å². The van der Waals surface area contributed by atoms with Crippen molar-refractivity contribution in [1.29, 1.82) is 0 Å². The fourth-order valence-corrected chi connectivity index (χ4v) is 3.77. The van der Waals surface area contributed by atoms with Crippen LogP contribution in [-0.2, 0) is 5.75 Å². The first-order valence-electron chi connectivity index (χ1n) is 7.20. The highest BCUT2D eigenvalue weighted by molar-refractivity contribution is 7.98. The number of aromatic amines is 1. The Balaban J connectivity index is 1.88. The number of thiazole rings is 1. The molecule has 126 valence electrons. The van der Waals surface area contributed by atoms with Gasteiger partial charge in [-0.2, -0.15) is 0 Å².